The highest BCUT2D eigenvalue weighted by Gasteiger charge is 2.84. The molecule has 6 saturated carbocycles. The molecule has 6 aliphatic rings. The zero-order valence-corrected chi connectivity index (χ0v) is 21.7. The van der Waals surface area contributed by atoms with E-state index in [4.69, 9.17) is 0 Å². The Kier molecular flexibility index (Phi) is 4.13. The van der Waals surface area contributed by atoms with Gasteiger partial charge < -0.3 is 5.11 Å². The van der Waals surface area contributed by atoms with E-state index >= 15 is 0 Å². The Labute approximate surface area is 192 Å². The van der Waals surface area contributed by atoms with Gasteiger partial charge in [-0.2, -0.15) is 0 Å². The van der Waals surface area contributed by atoms with Gasteiger partial charge >= 0.3 is 0 Å². The first-order valence-corrected chi connectivity index (χ1v) is 14.1. The van der Waals surface area contributed by atoms with Crippen LogP contribution in [0.3, 0.4) is 0 Å². The van der Waals surface area contributed by atoms with Crippen LogP contribution in [-0.4, -0.2) is 11.2 Å². The van der Waals surface area contributed by atoms with Gasteiger partial charge in [0, 0.05) is 0 Å². The molecule has 6 fully saturated rings. The summed E-state index contributed by atoms with van der Waals surface area (Å²) in [5.74, 6) is 4.39. The van der Waals surface area contributed by atoms with Crippen molar-refractivity contribution in [3.63, 3.8) is 0 Å². The van der Waals surface area contributed by atoms with Crippen LogP contribution in [0.25, 0.3) is 0 Å². The van der Waals surface area contributed by atoms with E-state index in [0.717, 1.165) is 30.1 Å². The maximum Gasteiger partial charge on any atom is 0.0594 e. The number of aliphatic hydroxyl groups is 1. The Balaban J connectivity index is 1.40. The lowest BCUT2D eigenvalue weighted by Gasteiger charge is -2.70. The summed E-state index contributed by atoms with van der Waals surface area (Å²) >= 11 is 0. The number of rotatable bonds is 0. The second kappa shape index (κ2) is 5.95. The molecule has 0 amide bonds. The van der Waals surface area contributed by atoms with Crippen molar-refractivity contribution in [2.45, 2.75) is 125 Å². The van der Waals surface area contributed by atoms with Crippen LogP contribution in [0.2, 0.25) is 0 Å². The van der Waals surface area contributed by atoms with Crippen molar-refractivity contribution in [3.05, 3.63) is 0 Å². The highest BCUT2D eigenvalue weighted by atomic mass is 16.3. The lowest BCUT2D eigenvalue weighted by molar-refractivity contribution is -0.223. The molecule has 0 spiro atoms. The van der Waals surface area contributed by atoms with Gasteiger partial charge in [-0.25, -0.2) is 0 Å². The zero-order valence-electron chi connectivity index (χ0n) is 21.7. The van der Waals surface area contributed by atoms with Gasteiger partial charge in [0.05, 0.1) is 6.10 Å². The predicted molar refractivity (Wildman–Crippen MR) is 129 cm³/mol. The first kappa shape index (κ1) is 21.5. The summed E-state index contributed by atoms with van der Waals surface area (Å²) in [7, 11) is 0. The van der Waals surface area contributed by atoms with Crippen molar-refractivity contribution >= 4 is 0 Å². The second-order valence-corrected chi connectivity index (χ2v) is 15.4. The van der Waals surface area contributed by atoms with Crippen molar-refractivity contribution in [1.29, 1.82) is 0 Å². The van der Waals surface area contributed by atoms with Crippen LogP contribution < -0.4 is 0 Å². The largest absolute Gasteiger partial charge is 0.393 e. The van der Waals surface area contributed by atoms with Gasteiger partial charge in [0.2, 0.25) is 0 Å². The summed E-state index contributed by atoms with van der Waals surface area (Å²) in [6, 6.07) is 0. The van der Waals surface area contributed by atoms with Crippen molar-refractivity contribution in [1.82, 2.24) is 0 Å². The van der Waals surface area contributed by atoms with Crippen molar-refractivity contribution < 1.29 is 5.11 Å². The fraction of sp³-hybridized carbons (Fsp3) is 1.00. The summed E-state index contributed by atoms with van der Waals surface area (Å²) in [4.78, 5) is 0. The molecule has 1 nitrogen and oxygen atoms in total. The molecule has 6 rings (SSSR count). The maximum atomic E-state index is 10.9. The van der Waals surface area contributed by atoms with Gasteiger partial charge in [-0.05, 0) is 133 Å². The average Bonchev–Trinajstić information content (AvgIpc) is 3.39. The first-order valence-electron chi connectivity index (χ1n) is 14.1. The molecule has 1 N–H and O–H groups in total. The van der Waals surface area contributed by atoms with E-state index in [-0.39, 0.29) is 11.5 Å². The normalized spacial score (nSPS) is 64.3. The van der Waals surface area contributed by atoms with E-state index in [2.05, 4.69) is 48.5 Å². The summed E-state index contributed by atoms with van der Waals surface area (Å²) in [5.41, 5.74) is 3.00. The molecule has 0 aromatic rings. The van der Waals surface area contributed by atoms with Crippen LogP contribution in [-0.2, 0) is 0 Å². The Morgan fingerprint density at radius 2 is 1.42 bits per heavy atom. The van der Waals surface area contributed by atoms with Gasteiger partial charge in [0.1, 0.15) is 0 Å². The molecule has 6 aliphatic carbocycles. The van der Waals surface area contributed by atoms with Gasteiger partial charge in [-0.1, -0.05) is 48.5 Å². The number of hydrogen-bond acceptors (Lipinski definition) is 1. The smallest absolute Gasteiger partial charge is 0.0594 e. The minimum Gasteiger partial charge on any atom is -0.393 e. The van der Waals surface area contributed by atoms with Gasteiger partial charge in [0.25, 0.3) is 0 Å². The van der Waals surface area contributed by atoms with Gasteiger partial charge in [0.15, 0.2) is 0 Å². The lowest BCUT2D eigenvalue weighted by Crippen LogP contribution is -2.64. The Bertz CT molecular complexity index is 785. The van der Waals surface area contributed by atoms with Crippen LogP contribution in [0.15, 0.2) is 0 Å². The minimum atomic E-state index is -0.100. The van der Waals surface area contributed by atoms with E-state index in [1.54, 1.807) is 6.42 Å². The number of aliphatic hydroxyl groups excluding tert-OH is 1. The van der Waals surface area contributed by atoms with E-state index in [1.165, 1.54) is 57.8 Å². The third-order valence-electron chi connectivity index (χ3n) is 14.5. The van der Waals surface area contributed by atoms with Crippen molar-refractivity contribution in [2.75, 3.05) is 0 Å². The highest BCUT2D eigenvalue weighted by Crippen LogP contribution is 2.91. The third kappa shape index (κ3) is 2.21. The standard InChI is InChI=1S/C30H50O/c1-19-8-12-26(5)16-17-30-18-29(30,24(26)20(19)2)15-10-22-27(6)13-11-23(31)25(3,4)21(27)9-14-28(22,30)7/h19-24,31H,8-18H2,1-7H3/t19-,20-,21+,22+,23+,24-,26+,27+,28+,29-,30-/m1/s1. The molecule has 0 aliphatic heterocycles. The molecule has 1 heteroatoms. The summed E-state index contributed by atoms with van der Waals surface area (Å²) in [6.45, 7) is 18.2. The Morgan fingerprint density at radius 1 is 0.710 bits per heavy atom. The first-order chi connectivity index (χ1) is 14.4. The Hall–Kier alpha value is -0.0400. The molecule has 11 atom stereocenters. The lowest BCUT2D eigenvalue weighted by atomic mass is 9.35. The maximum absolute atomic E-state index is 10.9. The summed E-state index contributed by atoms with van der Waals surface area (Å²) < 4.78 is 0. The quantitative estimate of drug-likeness (QED) is 0.418. The Morgan fingerprint density at radius 3 is 2.16 bits per heavy atom. The number of fused-ring (bicyclic) bond motifs is 4. The monoisotopic (exact) mass is 426 g/mol. The molecule has 176 valence electrons. The molecule has 0 aromatic heterocycles. The highest BCUT2D eigenvalue weighted by molar-refractivity contribution is 5.32. The van der Waals surface area contributed by atoms with Gasteiger partial charge in [-0.3, -0.25) is 0 Å². The predicted octanol–water partition coefficient (Wildman–Crippen LogP) is 7.86. The molecule has 0 aromatic carbocycles. The zero-order chi connectivity index (χ0) is 22.2. The van der Waals surface area contributed by atoms with Gasteiger partial charge in [-0.15, -0.1) is 0 Å². The van der Waals surface area contributed by atoms with Crippen LogP contribution >= 0.6 is 0 Å². The van der Waals surface area contributed by atoms with Crippen molar-refractivity contribution in [3.8, 4) is 0 Å². The molecule has 0 heterocycles. The minimum absolute atomic E-state index is 0.0858. The van der Waals surface area contributed by atoms with E-state index in [1.807, 2.05) is 0 Å². The summed E-state index contributed by atoms with van der Waals surface area (Å²) in [6.07, 6.45) is 15.5. The van der Waals surface area contributed by atoms with E-state index in [9.17, 15) is 5.11 Å². The molecular formula is C30H50O. The van der Waals surface area contributed by atoms with Crippen LogP contribution in [0, 0.1) is 62.1 Å². The number of hydrogen-bond donors (Lipinski definition) is 1. The SMILES string of the molecule is C[C@@H]1[C@H](C)CC[C@@]2(C)CC[C@]34C[C@]3(CC[C@H]3[C@@]5(C)CC[C@H](O)C(C)(C)[C@@H]5CC[C@@]34C)[C@H]12. The third-order valence-corrected chi connectivity index (χ3v) is 14.5. The average molecular weight is 427 g/mol. The molecular weight excluding hydrogens is 376 g/mol. The molecule has 0 saturated heterocycles. The fourth-order valence-electron chi connectivity index (χ4n) is 12.8. The topological polar surface area (TPSA) is 20.2 Å². The second-order valence-electron chi connectivity index (χ2n) is 15.4. The van der Waals surface area contributed by atoms with E-state index < -0.39 is 0 Å². The van der Waals surface area contributed by atoms with Crippen LogP contribution in [0.5, 0.6) is 0 Å². The fourth-order valence-corrected chi connectivity index (χ4v) is 12.8. The molecule has 31 heavy (non-hydrogen) atoms. The van der Waals surface area contributed by atoms with Crippen LogP contribution in [0.4, 0.5) is 0 Å². The van der Waals surface area contributed by atoms with Crippen molar-refractivity contribution in [2.24, 2.45) is 62.1 Å². The summed E-state index contributed by atoms with van der Waals surface area (Å²) in [5, 5.41) is 10.9. The molecule has 0 bridgehead atoms. The van der Waals surface area contributed by atoms with E-state index in [0.29, 0.717) is 33.0 Å². The molecule has 0 unspecified atom stereocenters. The van der Waals surface area contributed by atoms with Crippen LogP contribution in [0.1, 0.15) is 119 Å². The molecule has 0 radical (unpaired) electrons.